The van der Waals surface area contributed by atoms with Crippen LogP contribution < -0.4 is 15.1 Å². The standard InChI is InChI=1S/C51H48ClF10N7O13P2S2/c1-24-13-29(83(72,73)74)18-37(82-84(75,76)77)42(24)47(2,3)20-39(71)69(85(78)79)21-36-41-34(52)10-9-31(44(41)68(65-36)23-49(55,56)57)30-8-7-28(11-12-48(4,5)86(6,80)81)63-43(30)35(16-25-14-26(53)17-27(54)15-25)64-38(70)22-67-46-40(45(66-67)51(60,61)62)32-19-33(32)50(46,58)59/h7-10,13-15,17-18,32-33,35H,16,19-23H2,1-6H3,(H,64,70)(H,78,79)(H2,72,73,74)(H2,75,76,77)/t32-,33+,35-/m0/s1. The van der Waals surface area contributed by atoms with Crippen LogP contribution in [0.5, 0.6) is 5.75 Å². The topological polar surface area (TPSA) is 294 Å². The minimum atomic E-state index is -5.51. The summed E-state index contributed by atoms with van der Waals surface area (Å²) in [4.78, 5) is 72.3. The number of pyridine rings is 1. The molecule has 4 atom stereocenters. The van der Waals surface area contributed by atoms with Gasteiger partial charge in [0, 0.05) is 57.7 Å². The Morgan fingerprint density at radius 2 is 1.58 bits per heavy atom. The van der Waals surface area contributed by atoms with Crippen LogP contribution in [0, 0.1) is 36.3 Å². The second-order valence-electron chi connectivity index (χ2n) is 21.6. The zero-order chi connectivity index (χ0) is 64.1. The van der Waals surface area contributed by atoms with Crippen molar-refractivity contribution < 1.29 is 104 Å². The molecule has 8 rings (SSSR count). The second kappa shape index (κ2) is 22.7. The number of carbonyl (C=O) groups is 2. The van der Waals surface area contributed by atoms with Crippen LogP contribution in [0.4, 0.5) is 43.9 Å². The first-order chi connectivity index (χ1) is 39.3. The second-order valence-corrected chi connectivity index (χ2v) is 28.3. The first kappa shape index (κ1) is 65.7. The average Bonchev–Trinajstić information content (AvgIpc) is 1.52. The number of rotatable bonds is 18. The Balaban J connectivity index is 1.30. The van der Waals surface area contributed by atoms with Crippen molar-refractivity contribution >= 4 is 76.1 Å². The Labute approximate surface area is 489 Å². The molecule has 3 aromatic heterocycles. The lowest BCUT2D eigenvalue weighted by atomic mass is 9.78. The van der Waals surface area contributed by atoms with Gasteiger partial charge in [-0.05, 0) is 99.0 Å². The van der Waals surface area contributed by atoms with Crippen LogP contribution >= 0.6 is 27.0 Å². The Morgan fingerprint density at radius 3 is 2.15 bits per heavy atom. The number of nitrogens with zero attached hydrogens (tertiary/aromatic N) is 6. The van der Waals surface area contributed by atoms with Crippen LogP contribution in [0.15, 0.2) is 54.6 Å². The molecular formula is C51H48ClF10N7O13P2S2. The van der Waals surface area contributed by atoms with Gasteiger partial charge in [0.15, 0.2) is 15.5 Å². The van der Waals surface area contributed by atoms with E-state index in [1.54, 1.807) is 0 Å². The molecule has 20 nitrogen and oxygen atoms in total. The van der Waals surface area contributed by atoms with E-state index in [1.165, 1.54) is 34.6 Å². The predicted octanol–water partition coefficient (Wildman–Crippen LogP) is 8.71. The highest BCUT2D eigenvalue weighted by atomic mass is 35.5. The number of aromatic nitrogens is 5. The monoisotopic (exact) mass is 1320 g/mol. The van der Waals surface area contributed by atoms with Gasteiger partial charge in [-0.1, -0.05) is 37.4 Å². The zero-order valence-corrected chi connectivity index (χ0v) is 49.4. The van der Waals surface area contributed by atoms with Crippen LogP contribution in [0.1, 0.15) is 103 Å². The van der Waals surface area contributed by atoms with Gasteiger partial charge in [0.25, 0.3) is 17.2 Å². The van der Waals surface area contributed by atoms with Gasteiger partial charge in [0.2, 0.25) is 11.8 Å². The Hall–Kier alpha value is -6.26. The van der Waals surface area contributed by atoms with Gasteiger partial charge >= 0.3 is 27.8 Å². The first-order valence-corrected chi connectivity index (χ1v) is 31.4. The van der Waals surface area contributed by atoms with Gasteiger partial charge in [-0.15, -0.1) is 0 Å². The van der Waals surface area contributed by atoms with Crippen molar-refractivity contribution in [3.8, 4) is 28.7 Å². The maximum Gasteiger partial charge on any atom is 0.524 e. The van der Waals surface area contributed by atoms with E-state index >= 15 is 8.78 Å². The number of hydrogen-bond acceptors (Lipinski definition) is 11. The van der Waals surface area contributed by atoms with Crippen molar-refractivity contribution in [1.82, 2.24) is 34.2 Å². The van der Waals surface area contributed by atoms with E-state index in [-0.39, 0.29) is 48.9 Å². The third-order valence-electron chi connectivity index (χ3n) is 14.3. The van der Waals surface area contributed by atoms with Crippen molar-refractivity contribution in [3.63, 3.8) is 0 Å². The lowest BCUT2D eigenvalue weighted by Crippen LogP contribution is -2.37. The minimum Gasteiger partial charge on any atom is -0.404 e. The summed E-state index contributed by atoms with van der Waals surface area (Å²) in [7, 11) is -14.6. The van der Waals surface area contributed by atoms with Crippen LogP contribution in [0.2, 0.25) is 5.02 Å². The molecule has 2 aliphatic rings. The van der Waals surface area contributed by atoms with Crippen LogP contribution in [0.3, 0.4) is 0 Å². The molecule has 1 saturated carbocycles. The number of alkyl halides is 8. The van der Waals surface area contributed by atoms with Crippen molar-refractivity contribution in [2.24, 2.45) is 5.92 Å². The summed E-state index contributed by atoms with van der Waals surface area (Å²) in [6.45, 7) is 1.73. The maximum atomic E-state index is 15.7. The van der Waals surface area contributed by atoms with Gasteiger partial charge in [-0.25, -0.2) is 35.3 Å². The zero-order valence-electron chi connectivity index (χ0n) is 45.2. The molecule has 1 unspecified atom stereocenters. The molecular weight excluding hydrogens is 1270 g/mol. The number of fused-ring (bicyclic) bond motifs is 4. The van der Waals surface area contributed by atoms with Gasteiger partial charge in [-0.3, -0.25) is 37.9 Å². The van der Waals surface area contributed by atoms with E-state index in [0.29, 0.717) is 16.8 Å². The molecule has 0 bridgehead atoms. The van der Waals surface area contributed by atoms with Crippen molar-refractivity contribution in [2.75, 3.05) is 6.26 Å². The van der Waals surface area contributed by atoms with Gasteiger partial charge in [0.05, 0.1) is 39.8 Å². The van der Waals surface area contributed by atoms with E-state index in [9.17, 15) is 90.6 Å². The molecule has 3 aromatic carbocycles. The Bertz CT molecular complexity index is 4080. The number of nitrogens with one attached hydrogen (secondary N) is 1. The lowest BCUT2D eigenvalue weighted by Gasteiger charge is -2.31. The first-order valence-electron chi connectivity index (χ1n) is 24.9. The smallest absolute Gasteiger partial charge is 0.404 e. The van der Waals surface area contributed by atoms with E-state index in [4.69, 9.17) is 16.1 Å². The van der Waals surface area contributed by atoms with E-state index in [1.807, 2.05) is 0 Å². The van der Waals surface area contributed by atoms with E-state index in [2.05, 4.69) is 32.3 Å². The summed E-state index contributed by atoms with van der Waals surface area (Å²) in [5, 5.41) is 8.25. The molecule has 0 radical (unpaired) electrons. The SMILES string of the molecule is Cc1cc(P(=O)(O)O)cc(OP(=O)(O)O)c1C(C)(C)CC(=O)N(Cc1nn(CC(F)(F)F)c2c(-c3ccc(C#CC(C)(C)S(C)(=O)=O)nc3[C@H](Cc3cc(F)cc(F)c3)NC(=O)Cn3nc(C(F)(F)F)c4c3C(F)(F)[C@@H]3C[C@H]43)ccc(Cl)c12)S(=O)O. The minimum absolute atomic E-state index is 0.0991. The largest absolute Gasteiger partial charge is 0.524 e. The summed E-state index contributed by atoms with van der Waals surface area (Å²) in [5.41, 5.74) is -8.73. The molecule has 2 aliphatic carbocycles. The number of aryl methyl sites for hydroxylation is 1. The summed E-state index contributed by atoms with van der Waals surface area (Å²) >= 11 is 3.36. The fraction of sp³-hybridized carbons (Fsp3) is 0.392. The van der Waals surface area contributed by atoms with Crippen molar-refractivity contribution in [1.29, 1.82) is 0 Å². The summed E-state index contributed by atoms with van der Waals surface area (Å²) < 4.78 is 226. The number of sulfone groups is 1. The maximum absolute atomic E-state index is 15.7. The highest BCUT2D eigenvalue weighted by Gasteiger charge is 2.68. The molecule has 6 aromatic rings. The number of phosphoric ester groups is 1. The highest BCUT2D eigenvalue weighted by molar-refractivity contribution is 7.92. The predicted molar refractivity (Wildman–Crippen MR) is 287 cm³/mol. The quantitative estimate of drug-likeness (QED) is 0.0203. The Morgan fingerprint density at radius 1 is 0.953 bits per heavy atom. The van der Waals surface area contributed by atoms with Crippen molar-refractivity contribution in [3.05, 3.63) is 122 Å². The summed E-state index contributed by atoms with van der Waals surface area (Å²) in [6, 6.07) is 6.19. The van der Waals surface area contributed by atoms with Crippen LogP contribution in [-0.4, -0.2) is 94.6 Å². The number of benzene rings is 3. The normalized spacial score (nSPS) is 16.9. The van der Waals surface area contributed by atoms with Gasteiger partial charge < -0.3 is 19.6 Å². The molecule has 35 heteroatoms. The fourth-order valence-electron chi connectivity index (χ4n) is 10.4. The third-order valence-corrected chi connectivity index (χ3v) is 18.6. The molecule has 6 N–H and O–H groups in total. The molecule has 0 spiro atoms. The summed E-state index contributed by atoms with van der Waals surface area (Å²) in [6.07, 6.45) is -11.5. The van der Waals surface area contributed by atoms with Gasteiger partial charge in [0.1, 0.15) is 46.6 Å². The average molecular weight is 1320 g/mol. The lowest BCUT2D eigenvalue weighted by molar-refractivity contribution is -0.143. The van der Waals surface area contributed by atoms with Gasteiger partial charge in [-0.2, -0.15) is 45.3 Å². The third kappa shape index (κ3) is 13.9. The highest BCUT2D eigenvalue weighted by Crippen LogP contribution is 2.68. The molecule has 464 valence electrons. The number of amides is 2. The summed E-state index contributed by atoms with van der Waals surface area (Å²) in [5.74, 6) is -7.39. The number of carbonyl (C=O) groups excluding carboxylic acids is 2. The van der Waals surface area contributed by atoms with E-state index in [0.717, 1.165) is 48.7 Å². The number of phosphoric acid groups is 1. The van der Waals surface area contributed by atoms with Crippen molar-refractivity contribution in [2.45, 2.75) is 114 Å². The fourth-order valence-corrected chi connectivity index (χ4v) is 12.4. The van der Waals surface area contributed by atoms with Crippen LogP contribution in [0.25, 0.3) is 22.0 Å². The molecule has 1 fully saturated rings. The molecule has 0 aliphatic heterocycles. The molecule has 2 amide bonds. The van der Waals surface area contributed by atoms with E-state index < -0.39 is 194 Å². The Kier molecular flexibility index (Phi) is 17.4. The molecule has 3 heterocycles. The molecule has 0 saturated heterocycles. The molecule has 86 heavy (non-hydrogen) atoms. The number of hydrogen-bond donors (Lipinski definition) is 6. The number of halogens is 11. The van der Waals surface area contributed by atoms with Crippen LogP contribution in [-0.2, 0) is 83.4 Å².